The summed E-state index contributed by atoms with van der Waals surface area (Å²) in [5.41, 5.74) is 1.78. The van der Waals surface area contributed by atoms with Gasteiger partial charge in [-0.1, -0.05) is 18.2 Å². The van der Waals surface area contributed by atoms with Crippen LogP contribution in [0.3, 0.4) is 0 Å². The van der Waals surface area contributed by atoms with E-state index in [-0.39, 0.29) is 18.6 Å². The highest BCUT2D eigenvalue weighted by Gasteiger charge is 2.15. The first-order chi connectivity index (χ1) is 11.1. The van der Waals surface area contributed by atoms with Crippen LogP contribution in [0.5, 0.6) is 5.75 Å². The highest BCUT2D eigenvalue weighted by molar-refractivity contribution is 5.78. The molecule has 2 rings (SSSR count). The molecule has 0 fully saturated rings. The first-order valence-corrected chi connectivity index (χ1v) is 7.58. The number of carbonyl (C=O) groups excluding carboxylic acids is 1. The fourth-order valence-electron chi connectivity index (χ4n) is 2.01. The van der Waals surface area contributed by atoms with Gasteiger partial charge in [0, 0.05) is 13.2 Å². The third kappa shape index (κ3) is 5.07. The molecule has 5 nitrogen and oxygen atoms in total. The van der Waals surface area contributed by atoms with Gasteiger partial charge in [0.2, 0.25) is 5.91 Å². The molecule has 1 heterocycles. The van der Waals surface area contributed by atoms with Gasteiger partial charge in [0.1, 0.15) is 12.4 Å². The first kappa shape index (κ1) is 17.0. The molecule has 1 amide bonds. The van der Waals surface area contributed by atoms with E-state index in [9.17, 15) is 4.79 Å². The van der Waals surface area contributed by atoms with Crippen molar-refractivity contribution in [1.29, 1.82) is 0 Å². The minimum Gasteiger partial charge on any atom is -0.487 e. The molecule has 1 aromatic heterocycles. The topological polar surface area (TPSA) is 62.7 Å². The molecule has 2 aromatic rings. The summed E-state index contributed by atoms with van der Waals surface area (Å²) in [7, 11) is 1.70. The van der Waals surface area contributed by atoms with Crippen LogP contribution < -0.4 is 4.74 Å². The Kier molecular flexibility index (Phi) is 6.11. The molecule has 0 saturated heterocycles. The van der Waals surface area contributed by atoms with Gasteiger partial charge in [-0.3, -0.25) is 9.78 Å². The minimum absolute atomic E-state index is 0.0197. The normalized spacial score (nSPS) is 11.8. The molecule has 5 heteroatoms. The Bertz CT molecular complexity index is 614. The maximum atomic E-state index is 12.1. The largest absolute Gasteiger partial charge is 0.487 e. The van der Waals surface area contributed by atoms with E-state index >= 15 is 0 Å². The lowest BCUT2D eigenvalue weighted by molar-refractivity contribution is -0.131. The standard InChI is InChI=1S/C18H22N2O3/c1-14(12-21)20(2)18(22)11-15-6-8-17(9-7-15)23-13-16-5-3-4-10-19-16/h3-10,14,21H,11-13H2,1-2H3. The second-order valence-corrected chi connectivity index (χ2v) is 5.47. The summed E-state index contributed by atoms with van der Waals surface area (Å²) in [6, 6.07) is 13.0. The molecule has 1 N–H and O–H groups in total. The Morgan fingerprint density at radius 1 is 1.26 bits per heavy atom. The number of hydrogen-bond acceptors (Lipinski definition) is 4. The highest BCUT2D eigenvalue weighted by Crippen LogP contribution is 2.15. The second-order valence-electron chi connectivity index (χ2n) is 5.47. The zero-order chi connectivity index (χ0) is 16.7. The summed E-state index contributed by atoms with van der Waals surface area (Å²) in [4.78, 5) is 17.8. The summed E-state index contributed by atoms with van der Waals surface area (Å²) < 4.78 is 5.66. The maximum absolute atomic E-state index is 12.1. The van der Waals surface area contributed by atoms with Crippen LogP contribution in [0.4, 0.5) is 0 Å². The van der Waals surface area contributed by atoms with Crippen molar-refractivity contribution in [2.24, 2.45) is 0 Å². The number of ether oxygens (including phenoxy) is 1. The highest BCUT2D eigenvalue weighted by atomic mass is 16.5. The van der Waals surface area contributed by atoms with Gasteiger partial charge < -0.3 is 14.7 Å². The number of benzene rings is 1. The number of aromatic nitrogens is 1. The van der Waals surface area contributed by atoms with Crippen molar-refractivity contribution in [2.45, 2.75) is 26.0 Å². The molecule has 0 saturated carbocycles. The monoisotopic (exact) mass is 314 g/mol. The second kappa shape index (κ2) is 8.29. The predicted molar refractivity (Wildman–Crippen MR) is 88.0 cm³/mol. The fraction of sp³-hybridized carbons (Fsp3) is 0.333. The van der Waals surface area contributed by atoms with Crippen LogP contribution in [0.15, 0.2) is 48.7 Å². The van der Waals surface area contributed by atoms with Crippen LogP contribution >= 0.6 is 0 Å². The van der Waals surface area contributed by atoms with Gasteiger partial charge >= 0.3 is 0 Å². The molecular weight excluding hydrogens is 292 g/mol. The Morgan fingerprint density at radius 3 is 2.61 bits per heavy atom. The van der Waals surface area contributed by atoms with E-state index in [1.54, 1.807) is 18.1 Å². The Hall–Kier alpha value is -2.40. The fourth-order valence-corrected chi connectivity index (χ4v) is 2.01. The molecule has 1 unspecified atom stereocenters. The van der Waals surface area contributed by atoms with E-state index < -0.39 is 0 Å². The van der Waals surface area contributed by atoms with Crippen molar-refractivity contribution in [3.05, 3.63) is 59.9 Å². The van der Waals surface area contributed by atoms with Crippen molar-refractivity contribution in [3.63, 3.8) is 0 Å². The maximum Gasteiger partial charge on any atom is 0.227 e. The van der Waals surface area contributed by atoms with Crippen LogP contribution in [-0.4, -0.2) is 40.6 Å². The number of hydrogen-bond donors (Lipinski definition) is 1. The van der Waals surface area contributed by atoms with Gasteiger partial charge in [0.15, 0.2) is 0 Å². The van der Waals surface area contributed by atoms with Gasteiger partial charge in [-0.15, -0.1) is 0 Å². The van der Waals surface area contributed by atoms with Gasteiger partial charge in [-0.2, -0.15) is 0 Å². The van der Waals surface area contributed by atoms with E-state index in [0.717, 1.165) is 17.0 Å². The van der Waals surface area contributed by atoms with Crippen molar-refractivity contribution in [3.8, 4) is 5.75 Å². The molecular formula is C18H22N2O3. The molecule has 1 aromatic carbocycles. The number of aliphatic hydroxyl groups excluding tert-OH is 1. The minimum atomic E-state index is -0.177. The van der Waals surface area contributed by atoms with Crippen molar-refractivity contribution in [1.82, 2.24) is 9.88 Å². The van der Waals surface area contributed by atoms with E-state index in [1.165, 1.54) is 0 Å². The Morgan fingerprint density at radius 2 is 2.00 bits per heavy atom. The van der Waals surface area contributed by atoms with Crippen LogP contribution in [0.1, 0.15) is 18.2 Å². The first-order valence-electron chi connectivity index (χ1n) is 7.58. The summed E-state index contributed by atoms with van der Waals surface area (Å²) in [6.07, 6.45) is 2.04. The smallest absolute Gasteiger partial charge is 0.227 e. The Labute approximate surface area is 136 Å². The number of aliphatic hydroxyl groups is 1. The van der Waals surface area contributed by atoms with Gasteiger partial charge in [-0.25, -0.2) is 0 Å². The number of nitrogens with zero attached hydrogens (tertiary/aromatic N) is 2. The third-order valence-corrected chi connectivity index (χ3v) is 3.71. The zero-order valence-corrected chi connectivity index (χ0v) is 13.5. The number of amides is 1. The lowest BCUT2D eigenvalue weighted by atomic mass is 10.1. The molecule has 0 bridgehead atoms. The molecule has 0 aliphatic rings. The van der Waals surface area contributed by atoms with Crippen molar-refractivity contribution >= 4 is 5.91 Å². The number of carbonyl (C=O) groups is 1. The Balaban J connectivity index is 1.88. The number of likely N-dealkylation sites (N-methyl/N-ethyl adjacent to an activating group) is 1. The predicted octanol–water partition coefficient (Wildman–Crippen LogP) is 2.04. The quantitative estimate of drug-likeness (QED) is 0.849. The zero-order valence-electron chi connectivity index (χ0n) is 13.5. The average molecular weight is 314 g/mol. The average Bonchev–Trinajstić information content (AvgIpc) is 2.60. The summed E-state index contributed by atoms with van der Waals surface area (Å²) in [5.74, 6) is 0.720. The molecule has 0 aliphatic carbocycles. The summed E-state index contributed by atoms with van der Waals surface area (Å²) >= 11 is 0. The van der Waals surface area contributed by atoms with Crippen LogP contribution in [-0.2, 0) is 17.8 Å². The van der Waals surface area contributed by atoms with E-state index in [0.29, 0.717) is 13.0 Å². The molecule has 0 spiro atoms. The lowest BCUT2D eigenvalue weighted by Crippen LogP contribution is -2.38. The number of rotatable bonds is 7. The van der Waals surface area contributed by atoms with Crippen LogP contribution in [0.2, 0.25) is 0 Å². The van der Waals surface area contributed by atoms with Crippen LogP contribution in [0.25, 0.3) is 0 Å². The molecule has 122 valence electrons. The molecule has 0 aliphatic heterocycles. The third-order valence-electron chi connectivity index (χ3n) is 3.71. The molecule has 0 radical (unpaired) electrons. The molecule has 1 atom stereocenters. The van der Waals surface area contributed by atoms with E-state index in [2.05, 4.69) is 4.98 Å². The van der Waals surface area contributed by atoms with Crippen molar-refractivity contribution in [2.75, 3.05) is 13.7 Å². The van der Waals surface area contributed by atoms with Gasteiger partial charge in [-0.05, 0) is 36.8 Å². The van der Waals surface area contributed by atoms with Crippen LogP contribution in [0, 0.1) is 0 Å². The number of pyridine rings is 1. The molecule has 23 heavy (non-hydrogen) atoms. The van der Waals surface area contributed by atoms with E-state index in [1.807, 2.05) is 49.4 Å². The summed E-state index contributed by atoms with van der Waals surface area (Å²) in [6.45, 7) is 2.19. The summed E-state index contributed by atoms with van der Waals surface area (Å²) in [5, 5.41) is 9.09. The lowest BCUT2D eigenvalue weighted by Gasteiger charge is -2.23. The van der Waals surface area contributed by atoms with Gasteiger partial charge in [0.05, 0.1) is 24.8 Å². The van der Waals surface area contributed by atoms with Gasteiger partial charge in [0.25, 0.3) is 0 Å². The van der Waals surface area contributed by atoms with Crippen molar-refractivity contribution < 1.29 is 14.6 Å². The SMILES string of the molecule is CC(CO)N(C)C(=O)Cc1ccc(OCc2ccccn2)cc1. The van der Waals surface area contributed by atoms with E-state index in [4.69, 9.17) is 9.84 Å².